The van der Waals surface area contributed by atoms with E-state index >= 15 is 0 Å². The van der Waals surface area contributed by atoms with Gasteiger partial charge in [-0.25, -0.2) is 4.99 Å². The molecule has 1 fully saturated rings. The van der Waals surface area contributed by atoms with Crippen LogP contribution in [-0.2, 0) is 11.2 Å². The Bertz CT molecular complexity index is 1430. The molecule has 1 heterocycles. The molecule has 4 aromatic carbocycles. The summed E-state index contributed by atoms with van der Waals surface area (Å²) in [5, 5.41) is 2.78. The number of thioether (sulfide) groups is 1. The van der Waals surface area contributed by atoms with Gasteiger partial charge in [0.1, 0.15) is 5.75 Å². The average Bonchev–Trinajstić information content (AvgIpc) is 3.18. The quantitative estimate of drug-likeness (QED) is 0.280. The summed E-state index contributed by atoms with van der Waals surface area (Å²) < 4.78 is 5.54. The summed E-state index contributed by atoms with van der Waals surface area (Å²) in [5.41, 5.74) is 4.19. The van der Waals surface area contributed by atoms with E-state index in [0.717, 1.165) is 34.2 Å². The Labute approximate surface area is 210 Å². The van der Waals surface area contributed by atoms with E-state index in [1.165, 1.54) is 22.9 Å². The van der Waals surface area contributed by atoms with Gasteiger partial charge in [0.05, 0.1) is 17.7 Å². The van der Waals surface area contributed by atoms with E-state index in [2.05, 4.69) is 25.1 Å². The third kappa shape index (κ3) is 5.00. The van der Waals surface area contributed by atoms with Crippen molar-refractivity contribution in [3.63, 3.8) is 0 Å². The Balaban J connectivity index is 1.51. The van der Waals surface area contributed by atoms with Gasteiger partial charge >= 0.3 is 0 Å². The van der Waals surface area contributed by atoms with Gasteiger partial charge in [-0.05, 0) is 65.9 Å². The molecular formula is C30H26N2O2S. The number of aryl methyl sites for hydroxylation is 1. The number of nitrogens with zero attached hydrogens (tertiary/aromatic N) is 2. The zero-order valence-electron chi connectivity index (χ0n) is 19.8. The molecule has 0 spiro atoms. The number of carbonyl (C=O) groups excluding carboxylic acids is 1. The molecule has 0 bridgehead atoms. The smallest absolute Gasteiger partial charge is 0.266 e. The van der Waals surface area contributed by atoms with Crippen molar-refractivity contribution in [1.29, 1.82) is 0 Å². The van der Waals surface area contributed by atoms with Gasteiger partial charge in [0, 0.05) is 11.9 Å². The minimum atomic E-state index is -0.0170. The van der Waals surface area contributed by atoms with Crippen LogP contribution >= 0.6 is 11.8 Å². The van der Waals surface area contributed by atoms with Crippen molar-refractivity contribution >= 4 is 45.4 Å². The Kier molecular flexibility index (Phi) is 6.68. The van der Waals surface area contributed by atoms with Crippen LogP contribution in [0, 0.1) is 6.92 Å². The van der Waals surface area contributed by atoms with Crippen molar-refractivity contribution in [2.75, 3.05) is 13.7 Å². The lowest BCUT2D eigenvalue weighted by molar-refractivity contribution is -0.122. The third-order valence-corrected chi connectivity index (χ3v) is 7.04. The number of amidine groups is 1. The number of carbonyl (C=O) groups is 1. The molecule has 0 N–H and O–H groups in total. The Morgan fingerprint density at radius 3 is 2.34 bits per heavy atom. The molecule has 5 rings (SSSR count). The van der Waals surface area contributed by atoms with Crippen molar-refractivity contribution in [3.05, 3.63) is 113 Å². The van der Waals surface area contributed by atoms with Gasteiger partial charge in [0.15, 0.2) is 5.17 Å². The number of hydrogen-bond acceptors (Lipinski definition) is 4. The van der Waals surface area contributed by atoms with Crippen LogP contribution in [0.4, 0.5) is 5.69 Å². The van der Waals surface area contributed by atoms with Crippen molar-refractivity contribution in [2.45, 2.75) is 13.3 Å². The SMILES string of the molecule is COc1ccc(/C=C2/SC(=Nc3ccc(C)cc3)N(CCc3ccccc3)C2=O)c2ccccc12. The predicted octanol–water partition coefficient (Wildman–Crippen LogP) is 7.00. The van der Waals surface area contributed by atoms with E-state index in [4.69, 9.17) is 9.73 Å². The second-order valence-electron chi connectivity index (χ2n) is 8.44. The van der Waals surface area contributed by atoms with E-state index in [0.29, 0.717) is 16.6 Å². The Morgan fingerprint density at radius 1 is 0.886 bits per heavy atom. The van der Waals surface area contributed by atoms with Crippen molar-refractivity contribution in [1.82, 2.24) is 4.90 Å². The zero-order chi connectivity index (χ0) is 24.2. The van der Waals surface area contributed by atoms with Crippen LogP contribution in [0.5, 0.6) is 5.75 Å². The van der Waals surface area contributed by atoms with Crippen LogP contribution in [0.3, 0.4) is 0 Å². The Hall–Kier alpha value is -3.83. The van der Waals surface area contributed by atoms with E-state index < -0.39 is 0 Å². The molecular weight excluding hydrogens is 452 g/mol. The highest BCUT2D eigenvalue weighted by Crippen LogP contribution is 2.36. The predicted molar refractivity (Wildman–Crippen MR) is 146 cm³/mol. The van der Waals surface area contributed by atoms with Crippen LogP contribution in [-0.4, -0.2) is 29.6 Å². The van der Waals surface area contributed by atoms with Crippen molar-refractivity contribution in [2.24, 2.45) is 4.99 Å². The largest absolute Gasteiger partial charge is 0.496 e. The minimum absolute atomic E-state index is 0.0170. The van der Waals surface area contributed by atoms with Crippen LogP contribution in [0.25, 0.3) is 16.8 Å². The molecule has 0 aromatic heterocycles. The monoisotopic (exact) mass is 478 g/mol. The van der Waals surface area contributed by atoms with Crippen LogP contribution in [0.2, 0.25) is 0 Å². The lowest BCUT2D eigenvalue weighted by Crippen LogP contribution is -2.31. The molecule has 0 radical (unpaired) electrons. The molecule has 0 atom stereocenters. The minimum Gasteiger partial charge on any atom is -0.496 e. The van der Waals surface area contributed by atoms with Gasteiger partial charge in [-0.3, -0.25) is 9.69 Å². The second-order valence-corrected chi connectivity index (χ2v) is 9.44. The number of amides is 1. The second kappa shape index (κ2) is 10.2. The number of ether oxygens (including phenoxy) is 1. The van der Waals surface area contributed by atoms with Crippen LogP contribution in [0.1, 0.15) is 16.7 Å². The first kappa shape index (κ1) is 22.9. The highest BCUT2D eigenvalue weighted by molar-refractivity contribution is 8.18. The van der Waals surface area contributed by atoms with E-state index in [1.54, 1.807) is 12.0 Å². The molecule has 1 aliphatic heterocycles. The summed E-state index contributed by atoms with van der Waals surface area (Å²) in [7, 11) is 1.68. The molecule has 1 amide bonds. The number of hydrogen-bond donors (Lipinski definition) is 0. The number of aliphatic imine (C=N–C) groups is 1. The highest BCUT2D eigenvalue weighted by Gasteiger charge is 2.33. The molecule has 1 aliphatic rings. The van der Waals surface area contributed by atoms with E-state index in [-0.39, 0.29) is 5.91 Å². The van der Waals surface area contributed by atoms with Gasteiger partial charge in [-0.1, -0.05) is 78.4 Å². The number of methoxy groups -OCH3 is 1. The number of benzene rings is 4. The average molecular weight is 479 g/mol. The molecule has 4 aromatic rings. The molecule has 4 nitrogen and oxygen atoms in total. The first-order valence-corrected chi connectivity index (χ1v) is 12.4. The van der Waals surface area contributed by atoms with E-state index in [1.807, 2.05) is 78.9 Å². The highest BCUT2D eigenvalue weighted by atomic mass is 32.2. The van der Waals surface area contributed by atoms with Gasteiger partial charge < -0.3 is 4.74 Å². The maximum absolute atomic E-state index is 13.6. The number of fused-ring (bicyclic) bond motifs is 1. The summed E-state index contributed by atoms with van der Waals surface area (Å²) >= 11 is 1.43. The lowest BCUT2D eigenvalue weighted by atomic mass is 10.0. The molecule has 174 valence electrons. The number of rotatable bonds is 6. The summed E-state index contributed by atoms with van der Waals surface area (Å²) in [5.74, 6) is 0.802. The standard InChI is InChI=1S/C30H26N2O2S/c1-21-12-15-24(16-13-21)31-30-32(19-18-22-8-4-3-5-9-22)29(33)28(35-30)20-23-14-17-27(34-2)26-11-7-6-10-25(23)26/h3-17,20H,18-19H2,1-2H3/b28-20+,31-30?. The summed E-state index contributed by atoms with van der Waals surface area (Å²) in [6.07, 6.45) is 2.74. The van der Waals surface area contributed by atoms with E-state index in [9.17, 15) is 4.79 Å². The fourth-order valence-corrected chi connectivity index (χ4v) is 5.16. The van der Waals surface area contributed by atoms with Gasteiger partial charge in [-0.15, -0.1) is 0 Å². The fraction of sp³-hybridized carbons (Fsp3) is 0.133. The maximum Gasteiger partial charge on any atom is 0.266 e. The maximum atomic E-state index is 13.6. The molecule has 35 heavy (non-hydrogen) atoms. The third-order valence-electron chi connectivity index (χ3n) is 6.04. The summed E-state index contributed by atoms with van der Waals surface area (Å²) in [4.78, 5) is 20.9. The molecule has 5 heteroatoms. The van der Waals surface area contributed by atoms with Crippen molar-refractivity contribution in [3.8, 4) is 5.75 Å². The first-order valence-electron chi connectivity index (χ1n) is 11.6. The van der Waals surface area contributed by atoms with Crippen molar-refractivity contribution < 1.29 is 9.53 Å². The van der Waals surface area contributed by atoms with Crippen LogP contribution in [0.15, 0.2) is 101 Å². The Morgan fingerprint density at radius 2 is 1.60 bits per heavy atom. The van der Waals surface area contributed by atoms with Gasteiger partial charge in [0.2, 0.25) is 0 Å². The molecule has 0 saturated carbocycles. The first-order chi connectivity index (χ1) is 17.1. The summed E-state index contributed by atoms with van der Waals surface area (Å²) in [6.45, 7) is 2.62. The normalized spacial score (nSPS) is 15.9. The zero-order valence-corrected chi connectivity index (χ0v) is 20.6. The van der Waals surface area contributed by atoms with Gasteiger partial charge in [0.25, 0.3) is 5.91 Å². The summed E-state index contributed by atoms with van der Waals surface area (Å²) in [6, 6.07) is 30.3. The molecule has 0 unspecified atom stereocenters. The molecule has 0 aliphatic carbocycles. The molecule has 1 saturated heterocycles. The topological polar surface area (TPSA) is 41.9 Å². The van der Waals surface area contributed by atoms with Gasteiger partial charge in [-0.2, -0.15) is 0 Å². The fourth-order valence-electron chi connectivity index (χ4n) is 4.14. The lowest BCUT2D eigenvalue weighted by Gasteiger charge is -2.15. The van der Waals surface area contributed by atoms with Crippen LogP contribution < -0.4 is 4.74 Å².